The van der Waals surface area contributed by atoms with E-state index in [0.29, 0.717) is 35.0 Å². The number of nitrogens with zero attached hydrogens (tertiary/aromatic N) is 2. The zero-order valence-corrected chi connectivity index (χ0v) is 25.9. The van der Waals surface area contributed by atoms with Crippen molar-refractivity contribution in [1.82, 2.24) is 9.80 Å². The van der Waals surface area contributed by atoms with Crippen molar-refractivity contribution in [1.29, 1.82) is 0 Å². The van der Waals surface area contributed by atoms with E-state index in [1.165, 1.54) is 17.7 Å². The van der Waals surface area contributed by atoms with Gasteiger partial charge in [-0.15, -0.1) is 12.4 Å². The molecule has 228 valence electrons. The summed E-state index contributed by atoms with van der Waals surface area (Å²) in [4.78, 5) is 17.6. The van der Waals surface area contributed by atoms with Crippen molar-refractivity contribution in [2.24, 2.45) is 0 Å². The first kappa shape index (κ1) is 33.2. The van der Waals surface area contributed by atoms with Crippen LogP contribution < -0.4 is 14.8 Å². The van der Waals surface area contributed by atoms with Crippen molar-refractivity contribution in [3.63, 3.8) is 0 Å². The van der Waals surface area contributed by atoms with Crippen LogP contribution in [0.2, 0.25) is 0 Å². The Balaban J connectivity index is 0.00000484. The maximum atomic E-state index is 13.5. The molecule has 3 aromatic rings. The van der Waals surface area contributed by atoms with Gasteiger partial charge in [0.25, 0.3) is 0 Å². The van der Waals surface area contributed by atoms with Crippen molar-refractivity contribution in [2.45, 2.75) is 52.1 Å². The maximum Gasteiger partial charge on any atom is 0.322 e. The first-order chi connectivity index (χ1) is 19.6. The molecule has 8 nitrogen and oxygen atoms in total. The molecule has 1 saturated heterocycles. The van der Waals surface area contributed by atoms with Gasteiger partial charge in [-0.2, -0.15) is 0 Å². The van der Waals surface area contributed by atoms with E-state index in [0.717, 1.165) is 51.6 Å². The minimum Gasteiger partial charge on any atom is -0.457 e. The second-order valence-corrected chi connectivity index (χ2v) is 12.3. The number of hydrogen-bond acceptors (Lipinski definition) is 5. The van der Waals surface area contributed by atoms with Gasteiger partial charge in [-0.25, -0.2) is 17.6 Å². The Morgan fingerprint density at radius 1 is 1.02 bits per heavy atom. The number of carbonyl (C=O) groups excluding carboxylic acids is 1. The van der Waals surface area contributed by atoms with Gasteiger partial charge in [-0.3, -0.25) is 9.62 Å². The molecule has 1 heterocycles. The van der Waals surface area contributed by atoms with E-state index in [4.69, 9.17) is 4.74 Å². The van der Waals surface area contributed by atoms with Crippen LogP contribution in [0.1, 0.15) is 43.7 Å². The molecule has 4 rings (SSSR count). The van der Waals surface area contributed by atoms with Crippen molar-refractivity contribution in [3.05, 3.63) is 83.7 Å². The number of carbonyl (C=O) groups is 1. The quantitative estimate of drug-likeness (QED) is 0.241. The number of aryl methyl sites for hydroxylation is 1. The minimum absolute atomic E-state index is 0. The van der Waals surface area contributed by atoms with E-state index in [9.17, 15) is 17.6 Å². The summed E-state index contributed by atoms with van der Waals surface area (Å²) in [5.74, 6) is 1.00. The molecule has 1 fully saturated rings. The van der Waals surface area contributed by atoms with Gasteiger partial charge in [-0.1, -0.05) is 25.5 Å². The first-order valence-corrected chi connectivity index (χ1v) is 15.9. The molecule has 0 unspecified atom stereocenters. The predicted octanol–water partition coefficient (Wildman–Crippen LogP) is 7.02. The first-order valence-electron chi connectivity index (χ1n) is 14.0. The van der Waals surface area contributed by atoms with E-state index in [-0.39, 0.29) is 30.3 Å². The fourth-order valence-corrected chi connectivity index (χ4v) is 5.55. The van der Waals surface area contributed by atoms with E-state index in [1.54, 1.807) is 37.3 Å². The zero-order chi connectivity index (χ0) is 29.4. The van der Waals surface area contributed by atoms with E-state index in [1.807, 2.05) is 29.2 Å². The van der Waals surface area contributed by atoms with Crippen molar-refractivity contribution in [3.8, 4) is 11.5 Å². The number of halogens is 2. The minimum atomic E-state index is -3.32. The second-order valence-electron chi connectivity index (χ2n) is 10.6. The topological polar surface area (TPSA) is 91.0 Å². The van der Waals surface area contributed by atoms with Gasteiger partial charge >= 0.3 is 6.03 Å². The highest BCUT2D eigenvalue weighted by atomic mass is 35.5. The monoisotopic (exact) mass is 618 g/mol. The standard InChI is InChI=1S/C31H39FN4O4S.ClH/c1-4-5-18-36(31(37)33-30-15-8-25(32)21-23(30)2)27-16-19-35(20-17-27)22-24-6-11-28(12-7-24)40-29-13-9-26(10-14-29)34-41(3,38)39;/h6-15,21,27,34H,4-5,16-20,22H2,1-3H3,(H,33,37);1H. The molecule has 0 aromatic heterocycles. The van der Waals surface area contributed by atoms with Gasteiger partial charge in [0, 0.05) is 43.6 Å². The number of ether oxygens (including phenoxy) is 1. The third kappa shape index (κ3) is 9.89. The van der Waals surface area contributed by atoms with Gasteiger partial charge < -0.3 is 15.0 Å². The number of sulfonamides is 1. The normalized spacial score (nSPS) is 14.1. The van der Waals surface area contributed by atoms with Crippen molar-refractivity contribution < 1.29 is 22.3 Å². The lowest BCUT2D eigenvalue weighted by Gasteiger charge is -2.38. The maximum absolute atomic E-state index is 13.5. The highest BCUT2D eigenvalue weighted by Crippen LogP contribution is 2.25. The average molecular weight is 619 g/mol. The molecule has 2 amide bonds. The molecule has 11 heteroatoms. The average Bonchev–Trinajstić information content (AvgIpc) is 2.93. The largest absolute Gasteiger partial charge is 0.457 e. The Kier molecular flexibility index (Phi) is 12.0. The summed E-state index contributed by atoms with van der Waals surface area (Å²) in [5, 5.41) is 3.00. The van der Waals surface area contributed by atoms with Gasteiger partial charge in [-0.05, 0) is 91.9 Å². The molecular weight excluding hydrogens is 579 g/mol. The number of unbranched alkanes of at least 4 members (excludes halogenated alkanes) is 1. The Labute approximate surface area is 254 Å². The van der Waals surface area contributed by atoms with Gasteiger partial charge in [0.05, 0.1) is 6.26 Å². The van der Waals surface area contributed by atoms with E-state index in [2.05, 4.69) is 21.9 Å². The smallest absolute Gasteiger partial charge is 0.322 e. The number of hydrogen-bond donors (Lipinski definition) is 2. The number of nitrogens with one attached hydrogen (secondary N) is 2. The summed E-state index contributed by atoms with van der Waals surface area (Å²) >= 11 is 0. The number of likely N-dealkylation sites (tertiary alicyclic amines) is 1. The number of benzene rings is 3. The third-order valence-corrected chi connectivity index (χ3v) is 7.77. The number of amides is 2. The van der Waals surface area contributed by atoms with E-state index >= 15 is 0 Å². The van der Waals surface area contributed by atoms with Gasteiger partial charge in [0.15, 0.2) is 0 Å². The lowest BCUT2D eigenvalue weighted by atomic mass is 10.0. The summed E-state index contributed by atoms with van der Waals surface area (Å²) in [6.45, 7) is 7.21. The highest BCUT2D eigenvalue weighted by molar-refractivity contribution is 7.92. The van der Waals surface area contributed by atoms with Crippen molar-refractivity contribution in [2.75, 3.05) is 35.9 Å². The molecule has 0 spiro atoms. The van der Waals surface area contributed by atoms with Crippen LogP contribution in [0.3, 0.4) is 0 Å². The summed E-state index contributed by atoms with van der Waals surface area (Å²) < 4.78 is 44.6. The molecule has 1 aliphatic rings. The highest BCUT2D eigenvalue weighted by Gasteiger charge is 2.28. The number of anilines is 2. The summed E-state index contributed by atoms with van der Waals surface area (Å²) in [6.07, 6.45) is 4.84. The summed E-state index contributed by atoms with van der Waals surface area (Å²) in [6, 6.07) is 19.2. The molecular formula is C31H40ClFN4O4S. The molecule has 0 bridgehead atoms. The summed E-state index contributed by atoms with van der Waals surface area (Å²) in [5.41, 5.74) is 3.01. The van der Waals surface area contributed by atoms with Crippen LogP contribution in [0, 0.1) is 12.7 Å². The van der Waals surface area contributed by atoms with Crippen LogP contribution >= 0.6 is 12.4 Å². The Morgan fingerprint density at radius 2 is 1.64 bits per heavy atom. The Morgan fingerprint density at radius 3 is 2.21 bits per heavy atom. The molecule has 2 N–H and O–H groups in total. The van der Waals surface area contributed by atoms with Crippen LogP contribution in [0.4, 0.5) is 20.6 Å². The number of piperidine rings is 1. The lowest BCUT2D eigenvalue weighted by Crippen LogP contribution is -2.49. The molecule has 3 aromatic carbocycles. The molecule has 0 saturated carbocycles. The van der Waals surface area contributed by atoms with Crippen molar-refractivity contribution >= 4 is 39.8 Å². The van der Waals surface area contributed by atoms with Crippen LogP contribution in [-0.4, -0.2) is 56.2 Å². The predicted molar refractivity (Wildman–Crippen MR) is 169 cm³/mol. The van der Waals surface area contributed by atoms with Gasteiger partial charge in [0.2, 0.25) is 10.0 Å². The zero-order valence-electron chi connectivity index (χ0n) is 24.3. The number of rotatable bonds is 11. The Hall–Kier alpha value is -3.34. The molecule has 42 heavy (non-hydrogen) atoms. The fraction of sp³-hybridized carbons (Fsp3) is 0.387. The Bertz CT molecular complexity index is 1410. The molecule has 0 radical (unpaired) electrons. The van der Waals surface area contributed by atoms with Crippen LogP contribution in [-0.2, 0) is 16.6 Å². The summed E-state index contributed by atoms with van der Waals surface area (Å²) in [7, 11) is -3.32. The fourth-order valence-electron chi connectivity index (χ4n) is 4.98. The second kappa shape index (κ2) is 15.2. The molecule has 0 atom stereocenters. The van der Waals surface area contributed by atoms with E-state index < -0.39 is 10.0 Å². The third-order valence-electron chi connectivity index (χ3n) is 7.16. The van der Waals surface area contributed by atoms with Gasteiger partial charge in [0.1, 0.15) is 17.3 Å². The molecule has 1 aliphatic heterocycles. The number of urea groups is 1. The van der Waals surface area contributed by atoms with Crippen LogP contribution in [0.5, 0.6) is 11.5 Å². The van der Waals surface area contributed by atoms with Crippen LogP contribution in [0.15, 0.2) is 66.7 Å². The SMILES string of the molecule is CCCCN(C(=O)Nc1ccc(F)cc1C)C1CCN(Cc2ccc(Oc3ccc(NS(C)(=O)=O)cc3)cc2)CC1.Cl. The molecule has 0 aliphatic carbocycles. The lowest BCUT2D eigenvalue weighted by molar-refractivity contribution is 0.122. The van der Waals surface area contributed by atoms with Crippen LogP contribution in [0.25, 0.3) is 0 Å².